The van der Waals surface area contributed by atoms with Crippen LogP contribution in [-0.4, -0.2) is 25.1 Å². The third kappa shape index (κ3) is 3.29. The lowest BCUT2D eigenvalue weighted by Gasteiger charge is -2.23. The van der Waals surface area contributed by atoms with Gasteiger partial charge in [0.15, 0.2) is 0 Å². The van der Waals surface area contributed by atoms with Gasteiger partial charge >= 0.3 is 6.09 Å². The van der Waals surface area contributed by atoms with E-state index in [2.05, 4.69) is 5.92 Å². The highest BCUT2D eigenvalue weighted by Gasteiger charge is 2.22. The molecule has 0 atom stereocenters. The Morgan fingerprint density at radius 2 is 2.04 bits per heavy atom. The predicted octanol–water partition coefficient (Wildman–Crippen LogP) is 4.32. The molecular weight excluding hydrogens is 293 g/mol. The number of carbonyl (C=O) groups is 1. The molecule has 0 aromatic heterocycles. The van der Waals surface area contributed by atoms with Crippen LogP contribution in [0.4, 0.5) is 9.18 Å². The normalized spacial score (nSPS) is 11.8. The molecule has 0 saturated carbocycles. The van der Waals surface area contributed by atoms with Gasteiger partial charge in [0.25, 0.3) is 0 Å². The van der Waals surface area contributed by atoms with E-state index in [4.69, 9.17) is 12.5 Å². The number of hydrogen-bond acceptors (Lipinski definition) is 2. The average Bonchev–Trinajstić information content (AvgIpc) is 2.46. The molecule has 0 fully saturated rings. The third-order valence-corrected chi connectivity index (χ3v) is 3.48. The van der Waals surface area contributed by atoms with Gasteiger partial charge in [-0.15, -0.1) is 6.42 Å². The Bertz CT molecular complexity index is 861. The van der Waals surface area contributed by atoms with Gasteiger partial charge in [-0.2, -0.15) is 0 Å². The second-order valence-corrected chi connectivity index (χ2v) is 6.56. The zero-order valence-electron chi connectivity index (χ0n) is 15.0. The molecule has 0 heterocycles. The number of rotatable bonds is 1. The molecule has 0 aliphatic carbocycles. The standard InChI is InChI=1S/C19H20FNO2/c1-7-14-16(20)9-8-12-10-13(23-18(22)21(5)6)11-15(17(12)14)19(2,3)4/h1,8-11H,2-6H3/i8D. The van der Waals surface area contributed by atoms with Gasteiger partial charge < -0.3 is 9.64 Å². The van der Waals surface area contributed by atoms with Gasteiger partial charge in [0.2, 0.25) is 0 Å². The number of ether oxygens (including phenoxy) is 1. The number of halogens is 1. The highest BCUT2D eigenvalue weighted by molar-refractivity contribution is 5.93. The second kappa shape index (κ2) is 5.92. The summed E-state index contributed by atoms with van der Waals surface area (Å²) in [5, 5.41) is 0.970. The van der Waals surface area contributed by atoms with Crippen LogP contribution < -0.4 is 4.74 Å². The minimum Gasteiger partial charge on any atom is -0.410 e. The van der Waals surface area contributed by atoms with Crippen molar-refractivity contribution in [3.8, 4) is 18.1 Å². The zero-order valence-corrected chi connectivity index (χ0v) is 14.0. The molecule has 2 rings (SSSR count). The number of nitrogens with zero attached hydrogens (tertiary/aromatic N) is 1. The fraction of sp³-hybridized carbons (Fsp3) is 0.316. The SMILES string of the molecule is [2H]c1cc(F)c(C#C)c2c(C(C)(C)C)cc(OC(=O)N(C)C)cc12. The van der Waals surface area contributed by atoms with E-state index in [-0.39, 0.29) is 17.0 Å². The smallest absolute Gasteiger partial charge is 0.410 e. The van der Waals surface area contributed by atoms with Crippen molar-refractivity contribution in [3.05, 3.63) is 41.2 Å². The van der Waals surface area contributed by atoms with Crippen LogP contribution in [0.25, 0.3) is 10.8 Å². The largest absolute Gasteiger partial charge is 0.414 e. The molecule has 0 aliphatic heterocycles. The first-order valence-electron chi connectivity index (χ1n) is 7.69. The summed E-state index contributed by atoms with van der Waals surface area (Å²) in [6.07, 6.45) is 4.97. The molecular formula is C19H20FNO2. The molecule has 2 aromatic carbocycles. The molecule has 3 nitrogen and oxygen atoms in total. The topological polar surface area (TPSA) is 29.5 Å². The van der Waals surface area contributed by atoms with Gasteiger partial charge in [-0.25, -0.2) is 9.18 Å². The molecule has 23 heavy (non-hydrogen) atoms. The second-order valence-electron chi connectivity index (χ2n) is 6.56. The molecule has 0 bridgehead atoms. The summed E-state index contributed by atoms with van der Waals surface area (Å²) in [5.74, 6) is 2.08. The van der Waals surface area contributed by atoms with E-state index in [1.807, 2.05) is 20.8 Å². The number of fused-ring (bicyclic) bond motifs is 1. The van der Waals surface area contributed by atoms with Crippen molar-refractivity contribution < 1.29 is 15.3 Å². The maximum absolute atomic E-state index is 14.2. The number of terminal acetylenes is 1. The molecule has 0 aliphatic rings. The molecule has 0 unspecified atom stereocenters. The molecule has 4 heteroatoms. The number of hydrogen-bond donors (Lipinski definition) is 0. The van der Waals surface area contributed by atoms with Crippen molar-refractivity contribution in [2.75, 3.05) is 14.1 Å². The maximum atomic E-state index is 14.2. The third-order valence-electron chi connectivity index (χ3n) is 3.48. The van der Waals surface area contributed by atoms with E-state index in [1.165, 1.54) is 4.90 Å². The lowest BCUT2D eigenvalue weighted by atomic mass is 9.82. The number of benzene rings is 2. The van der Waals surface area contributed by atoms with Crippen LogP contribution in [0.1, 0.15) is 33.3 Å². The first-order valence-corrected chi connectivity index (χ1v) is 7.19. The van der Waals surface area contributed by atoms with Gasteiger partial charge in [-0.3, -0.25) is 0 Å². The summed E-state index contributed by atoms with van der Waals surface area (Å²) in [5.41, 5.74) is 0.462. The van der Waals surface area contributed by atoms with Crippen LogP contribution in [0.15, 0.2) is 24.2 Å². The fourth-order valence-corrected chi connectivity index (χ4v) is 2.32. The lowest BCUT2D eigenvalue weighted by Crippen LogP contribution is -2.25. The summed E-state index contributed by atoms with van der Waals surface area (Å²) in [7, 11) is 3.16. The van der Waals surface area contributed by atoms with Crippen LogP contribution in [0.3, 0.4) is 0 Å². The van der Waals surface area contributed by atoms with Crippen LogP contribution in [-0.2, 0) is 5.41 Å². The summed E-state index contributed by atoms with van der Waals surface area (Å²) in [4.78, 5) is 13.1. The Balaban J connectivity index is 2.86. The first-order chi connectivity index (χ1) is 11.1. The molecule has 0 saturated heterocycles. The van der Waals surface area contributed by atoms with Crippen molar-refractivity contribution in [3.63, 3.8) is 0 Å². The first kappa shape index (κ1) is 15.4. The minimum atomic E-state index is -0.599. The Morgan fingerprint density at radius 3 is 2.57 bits per heavy atom. The maximum Gasteiger partial charge on any atom is 0.414 e. The van der Waals surface area contributed by atoms with Crippen LogP contribution in [0.5, 0.6) is 5.75 Å². The van der Waals surface area contributed by atoms with E-state index in [1.54, 1.807) is 26.2 Å². The van der Waals surface area contributed by atoms with Crippen molar-refractivity contribution in [1.29, 1.82) is 0 Å². The molecule has 1 amide bonds. The monoisotopic (exact) mass is 314 g/mol. The lowest BCUT2D eigenvalue weighted by molar-refractivity contribution is 0.172. The van der Waals surface area contributed by atoms with Crippen molar-refractivity contribution >= 4 is 16.9 Å². The number of carbonyl (C=O) groups excluding carboxylic acids is 1. The van der Waals surface area contributed by atoms with Gasteiger partial charge in [0.1, 0.15) is 11.6 Å². The van der Waals surface area contributed by atoms with Crippen LogP contribution >= 0.6 is 0 Å². The van der Waals surface area contributed by atoms with E-state index in [0.717, 1.165) is 11.6 Å². The van der Waals surface area contributed by atoms with Gasteiger partial charge in [0.05, 0.1) is 6.93 Å². The molecule has 0 radical (unpaired) electrons. The Morgan fingerprint density at radius 1 is 1.39 bits per heavy atom. The quantitative estimate of drug-likeness (QED) is 0.734. The highest BCUT2D eigenvalue weighted by Crippen LogP contribution is 2.36. The van der Waals surface area contributed by atoms with E-state index < -0.39 is 11.9 Å². The summed E-state index contributed by atoms with van der Waals surface area (Å²) in [6, 6.07) is 4.31. The molecule has 0 spiro atoms. The average molecular weight is 314 g/mol. The van der Waals surface area contributed by atoms with Crippen molar-refractivity contribution in [1.82, 2.24) is 4.90 Å². The highest BCUT2D eigenvalue weighted by atomic mass is 19.1. The van der Waals surface area contributed by atoms with E-state index >= 15 is 0 Å². The predicted molar refractivity (Wildman–Crippen MR) is 90.3 cm³/mol. The fourth-order valence-electron chi connectivity index (χ4n) is 2.32. The number of amides is 1. The van der Waals surface area contributed by atoms with E-state index in [0.29, 0.717) is 16.5 Å². The van der Waals surface area contributed by atoms with Crippen LogP contribution in [0.2, 0.25) is 0 Å². The Hall–Kier alpha value is -2.54. The summed E-state index contributed by atoms with van der Waals surface area (Å²) < 4.78 is 27.6. The molecule has 0 N–H and O–H groups in total. The van der Waals surface area contributed by atoms with Gasteiger partial charge in [0, 0.05) is 19.5 Å². The Labute approximate surface area is 137 Å². The molecule has 120 valence electrons. The minimum absolute atomic E-state index is 0.00486. The summed E-state index contributed by atoms with van der Waals surface area (Å²) >= 11 is 0. The van der Waals surface area contributed by atoms with E-state index in [9.17, 15) is 9.18 Å². The van der Waals surface area contributed by atoms with Gasteiger partial charge in [-0.1, -0.05) is 32.7 Å². The van der Waals surface area contributed by atoms with Crippen molar-refractivity contribution in [2.24, 2.45) is 0 Å². The molecule has 2 aromatic rings. The van der Waals surface area contributed by atoms with Crippen molar-refractivity contribution in [2.45, 2.75) is 26.2 Å². The van der Waals surface area contributed by atoms with Crippen LogP contribution in [0, 0.1) is 18.2 Å². The van der Waals surface area contributed by atoms with Gasteiger partial charge in [-0.05, 0) is 34.6 Å². The summed E-state index contributed by atoms with van der Waals surface area (Å²) in [6.45, 7) is 5.86. The zero-order chi connectivity index (χ0) is 18.2. The Kier molecular flexibility index (Phi) is 3.96.